The average Bonchev–Trinajstić information content (AvgIpc) is 2.87. The fraction of sp³-hybridized carbons (Fsp3) is 0.500. The van der Waals surface area contributed by atoms with Crippen molar-refractivity contribution in [2.24, 2.45) is 0 Å². The van der Waals surface area contributed by atoms with Crippen LogP contribution in [0.15, 0.2) is 48.5 Å². The van der Waals surface area contributed by atoms with Gasteiger partial charge < -0.3 is 14.2 Å². The Hall–Kier alpha value is -2.89. The molecule has 0 saturated heterocycles. The van der Waals surface area contributed by atoms with Gasteiger partial charge in [0.15, 0.2) is 6.17 Å². The summed E-state index contributed by atoms with van der Waals surface area (Å²) in [6, 6.07) is 14.5. The van der Waals surface area contributed by atoms with Crippen molar-refractivity contribution in [3.63, 3.8) is 0 Å². The molecule has 0 aromatic heterocycles. The molecule has 0 bridgehead atoms. The Kier molecular flexibility index (Phi) is 9.92. The van der Waals surface area contributed by atoms with Crippen molar-refractivity contribution in [3.8, 4) is 11.5 Å². The van der Waals surface area contributed by atoms with Crippen molar-refractivity contribution in [3.05, 3.63) is 59.7 Å². The Labute approximate surface area is 201 Å². The SMILES string of the molecule is CCCC[C@H](F)C(=O)OC1CCC(c2ccc(OC(=O)c3ccc(OCCC)cc3)cc2)CC1. The van der Waals surface area contributed by atoms with Gasteiger partial charge in [-0.3, -0.25) is 0 Å². The van der Waals surface area contributed by atoms with E-state index in [9.17, 15) is 14.0 Å². The normalized spacial score (nSPS) is 18.7. The summed E-state index contributed by atoms with van der Waals surface area (Å²) in [4.78, 5) is 24.3. The van der Waals surface area contributed by atoms with Crippen LogP contribution < -0.4 is 9.47 Å². The fourth-order valence-electron chi connectivity index (χ4n) is 4.13. The number of halogens is 1. The van der Waals surface area contributed by atoms with Gasteiger partial charge in [-0.1, -0.05) is 38.8 Å². The number of esters is 2. The molecule has 1 aliphatic rings. The van der Waals surface area contributed by atoms with Gasteiger partial charge in [-0.25, -0.2) is 14.0 Å². The standard InChI is InChI=1S/C28H35FO5/c1-3-5-6-26(29)28(31)34-25-17-9-21(10-18-25)20-7-15-24(16-8-20)33-27(30)22-11-13-23(14-12-22)32-19-4-2/h7-8,11-16,21,25-26H,3-6,9-10,17-19H2,1-2H3/t21?,25?,26-/m0/s1. The van der Waals surface area contributed by atoms with Gasteiger partial charge in [0, 0.05) is 0 Å². The van der Waals surface area contributed by atoms with Crippen LogP contribution in [-0.2, 0) is 9.53 Å². The second-order valence-electron chi connectivity index (χ2n) is 8.85. The highest BCUT2D eigenvalue weighted by Gasteiger charge is 2.27. The van der Waals surface area contributed by atoms with E-state index >= 15 is 0 Å². The Morgan fingerprint density at radius 3 is 2.18 bits per heavy atom. The molecule has 5 nitrogen and oxygen atoms in total. The van der Waals surface area contributed by atoms with Crippen molar-refractivity contribution >= 4 is 11.9 Å². The Bertz CT molecular complexity index is 901. The third-order valence-corrected chi connectivity index (χ3v) is 6.15. The lowest BCUT2D eigenvalue weighted by atomic mass is 9.83. The number of hydrogen-bond acceptors (Lipinski definition) is 5. The van der Waals surface area contributed by atoms with Crippen LogP contribution in [0.2, 0.25) is 0 Å². The first-order valence-corrected chi connectivity index (χ1v) is 12.4. The second-order valence-corrected chi connectivity index (χ2v) is 8.85. The number of benzene rings is 2. The summed E-state index contributed by atoms with van der Waals surface area (Å²) in [5.41, 5.74) is 1.62. The van der Waals surface area contributed by atoms with Gasteiger partial charge in [0.1, 0.15) is 17.6 Å². The summed E-state index contributed by atoms with van der Waals surface area (Å²) in [5, 5.41) is 0. The van der Waals surface area contributed by atoms with E-state index < -0.39 is 18.1 Å². The van der Waals surface area contributed by atoms with Crippen LogP contribution in [0.5, 0.6) is 11.5 Å². The molecule has 184 valence electrons. The van der Waals surface area contributed by atoms with E-state index in [4.69, 9.17) is 14.2 Å². The lowest BCUT2D eigenvalue weighted by Crippen LogP contribution is -2.28. The van der Waals surface area contributed by atoms with Gasteiger partial charge in [0.05, 0.1) is 12.2 Å². The molecule has 1 saturated carbocycles. The summed E-state index contributed by atoms with van der Waals surface area (Å²) in [6.07, 6.45) is 4.19. The molecular formula is C28H35FO5. The van der Waals surface area contributed by atoms with E-state index in [0.29, 0.717) is 30.3 Å². The molecule has 0 radical (unpaired) electrons. The molecule has 0 heterocycles. The molecule has 2 aromatic rings. The molecule has 0 amide bonds. The minimum absolute atomic E-state index is 0.206. The third kappa shape index (κ3) is 7.57. The highest BCUT2D eigenvalue weighted by Crippen LogP contribution is 2.35. The van der Waals surface area contributed by atoms with Crippen molar-refractivity contribution in [2.75, 3.05) is 6.61 Å². The molecule has 0 spiro atoms. The van der Waals surface area contributed by atoms with Crippen molar-refractivity contribution in [2.45, 2.75) is 83.4 Å². The summed E-state index contributed by atoms with van der Waals surface area (Å²) in [5.74, 6) is 0.432. The number of hydrogen-bond donors (Lipinski definition) is 0. The quantitative estimate of drug-likeness (QED) is 0.267. The number of rotatable bonds is 11. The maximum absolute atomic E-state index is 13.9. The zero-order chi connectivity index (χ0) is 24.3. The van der Waals surface area contributed by atoms with Gasteiger partial charge >= 0.3 is 11.9 Å². The highest BCUT2D eigenvalue weighted by atomic mass is 19.1. The predicted octanol–water partition coefficient (Wildman–Crippen LogP) is 6.79. The molecule has 1 aliphatic carbocycles. The van der Waals surface area contributed by atoms with Crippen molar-refractivity contribution in [1.29, 1.82) is 0 Å². The number of unbranched alkanes of at least 4 members (excludes halogenated alkanes) is 1. The average molecular weight is 471 g/mol. The molecule has 6 heteroatoms. The second kappa shape index (κ2) is 13.1. The molecule has 1 fully saturated rings. The molecule has 34 heavy (non-hydrogen) atoms. The Balaban J connectivity index is 1.46. The summed E-state index contributed by atoms with van der Waals surface area (Å²) in [7, 11) is 0. The van der Waals surface area contributed by atoms with Gasteiger partial charge in [0.25, 0.3) is 0 Å². The molecule has 2 aromatic carbocycles. The predicted molar refractivity (Wildman–Crippen MR) is 129 cm³/mol. The van der Waals surface area contributed by atoms with Crippen molar-refractivity contribution in [1.82, 2.24) is 0 Å². The van der Waals surface area contributed by atoms with Gasteiger partial charge in [-0.2, -0.15) is 0 Å². The topological polar surface area (TPSA) is 61.8 Å². The number of carbonyl (C=O) groups is 2. The van der Waals surface area contributed by atoms with Crippen LogP contribution in [0.3, 0.4) is 0 Å². The van der Waals surface area contributed by atoms with Crippen LogP contribution in [0, 0.1) is 0 Å². The lowest BCUT2D eigenvalue weighted by Gasteiger charge is -2.29. The Morgan fingerprint density at radius 1 is 0.912 bits per heavy atom. The maximum atomic E-state index is 13.9. The Morgan fingerprint density at radius 2 is 1.56 bits per heavy atom. The molecule has 1 atom stereocenters. The van der Waals surface area contributed by atoms with Gasteiger partial charge in [0.2, 0.25) is 0 Å². The summed E-state index contributed by atoms with van der Waals surface area (Å²) < 4.78 is 30.3. The zero-order valence-corrected chi connectivity index (χ0v) is 20.1. The third-order valence-electron chi connectivity index (χ3n) is 6.15. The van der Waals surface area contributed by atoms with E-state index in [1.54, 1.807) is 36.4 Å². The molecule has 3 rings (SSSR count). The lowest BCUT2D eigenvalue weighted by molar-refractivity contribution is -0.157. The van der Waals surface area contributed by atoms with Gasteiger partial charge in [-0.05, 0) is 86.4 Å². The first kappa shape index (κ1) is 25.7. The zero-order valence-electron chi connectivity index (χ0n) is 20.1. The van der Waals surface area contributed by atoms with E-state index in [1.807, 2.05) is 26.0 Å². The van der Waals surface area contributed by atoms with E-state index in [2.05, 4.69) is 0 Å². The largest absolute Gasteiger partial charge is 0.494 e. The van der Waals surface area contributed by atoms with Crippen LogP contribution in [0.1, 0.15) is 87.1 Å². The molecular weight excluding hydrogens is 435 g/mol. The van der Waals surface area contributed by atoms with E-state index in [0.717, 1.165) is 49.8 Å². The monoisotopic (exact) mass is 470 g/mol. The minimum atomic E-state index is -1.51. The molecule has 0 aliphatic heterocycles. The maximum Gasteiger partial charge on any atom is 0.343 e. The summed E-state index contributed by atoms with van der Waals surface area (Å²) >= 11 is 0. The van der Waals surface area contributed by atoms with Gasteiger partial charge in [-0.15, -0.1) is 0 Å². The first-order chi connectivity index (χ1) is 16.5. The fourth-order valence-corrected chi connectivity index (χ4v) is 4.13. The molecule has 0 unspecified atom stereocenters. The summed E-state index contributed by atoms with van der Waals surface area (Å²) in [6.45, 7) is 4.65. The van der Waals surface area contributed by atoms with Crippen LogP contribution in [0.4, 0.5) is 4.39 Å². The smallest absolute Gasteiger partial charge is 0.343 e. The minimum Gasteiger partial charge on any atom is -0.494 e. The number of alkyl halides is 1. The van der Waals surface area contributed by atoms with E-state index in [1.165, 1.54) is 0 Å². The number of carbonyl (C=O) groups excluding carboxylic acids is 2. The number of ether oxygens (including phenoxy) is 3. The van der Waals surface area contributed by atoms with Crippen LogP contribution in [0.25, 0.3) is 0 Å². The van der Waals surface area contributed by atoms with Crippen LogP contribution >= 0.6 is 0 Å². The molecule has 0 N–H and O–H groups in total. The first-order valence-electron chi connectivity index (χ1n) is 12.4. The highest BCUT2D eigenvalue weighted by molar-refractivity contribution is 5.91. The van der Waals surface area contributed by atoms with E-state index in [-0.39, 0.29) is 12.5 Å². The van der Waals surface area contributed by atoms with Crippen molar-refractivity contribution < 1.29 is 28.2 Å². The van der Waals surface area contributed by atoms with Crippen LogP contribution in [-0.4, -0.2) is 30.8 Å².